The Morgan fingerprint density at radius 3 is 2.23 bits per heavy atom. The van der Waals surface area contributed by atoms with Crippen molar-refractivity contribution in [3.63, 3.8) is 0 Å². The van der Waals surface area contributed by atoms with Crippen LogP contribution in [-0.2, 0) is 10.0 Å². The predicted molar refractivity (Wildman–Crippen MR) is 102 cm³/mol. The number of hydrogen-bond donors (Lipinski definition) is 1. The van der Waals surface area contributed by atoms with Crippen LogP contribution < -0.4 is 5.32 Å². The van der Waals surface area contributed by atoms with Crippen molar-refractivity contribution < 1.29 is 13.2 Å². The van der Waals surface area contributed by atoms with Crippen LogP contribution in [0, 0.1) is 11.8 Å². The van der Waals surface area contributed by atoms with E-state index < -0.39 is 10.0 Å². The molecule has 0 aromatic heterocycles. The molecular weight excluding hydrogens is 348 g/mol. The molecule has 0 bridgehead atoms. The molecule has 1 heterocycles. The van der Waals surface area contributed by atoms with Crippen LogP contribution in [0.1, 0.15) is 62.7 Å². The Hall–Kier alpha value is -1.40. The molecule has 1 saturated carbocycles. The fraction of sp³-hybridized carbons (Fsp3) is 0.650. The number of amides is 1. The minimum atomic E-state index is -3.46. The van der Waals surface area contributed by atoms with Gasteiger partial charge in [-0.05, 0) is 61.8 Å². The topological polar surface area (TPSA) is 66.5 Å². The molecular formula is C20H30N2O3S. The monoisotopic (exact) mass is 378 g/mol. The van der Waals surface area contributed by atoms with Crippen molar-refractivity contribution in [1.29, 1.82) is 0 Å². The second kappa shape index (κ2) is 8.09. The maximum atomic E-state index is 12.8. The van der Waals surface area contributed by atoms with Crippen molar-refractivity contribution in [2.75, 3.05) is 13.1 Å². The van der Waals surface area contributed by atoms with Crippen LogP contribution in [0.25, 0.3) is 0 Å². The van der Waals surface area contributed by atoms with Gasteiger partial charge >= 0.3 is 0 Å². The van der Waals surface area contributed by atoms with Crippen molar-refractivity contribution in [2.24, 2.45) is 11.8 Å². The van der Waals surface area contributed by atoms with Gasteiger partial charge in [0.15, 0.2) is 0 Å². The maximum absolute atomic E-state index is 12.8. The molecule has 0 spiro atoms. The van der Waals surface area contributed by atoms with Crippen LogP contribution >= 0.6 is 0 Å². The molecule has 0 radical (unpaired) electrons. The average Bonchev–Trinajstić information content (AvgIpc) is 2.64. The first-order valence-electron chi connectivity index (χ1n) is 9.79. The van der Waals surface area contributed by atoms with E-state index in [1.54, 1.807) is 28.6 Å². The minimum Gasteiger partial charge on any atom is -0.349 e. The van der Waals surface area contributed by atoms with E-state index in [2.05, 4.69) is 19.2 Å². The summed E-state index contributed by atoms with van der Waals surface area (Å²) in [7, 11) is -3.46. The summed E-state index contributed by atoms with van der Waals surface area (Å²) in [6.07, 6.45) is 6.36. The molecule has 5 nitrogen and oxygen atoms in total. The standard InChI is InChI=1S/C20H30N2O3S/c1-15-11-13-22(14-12-15)26(24,25)18-9-7-17(8-10-18)20(23)21-19-6-4-3-5-16(19)2/h7-10,15-16,19H,3-6,11-14H2,1-2H3,(H,21,23). The van der Waals surface area contributed by atoms with Crippen LogP contribution in [-0.4, -0.2) is 37.8 Å². The van der Waals surface area contributed by atoms with Crippen LogP contribution in [0.2, 0.25) is 0 Å². The summed E-state index contributed by atoms with van der Waals surface area (Å²) < 4.78 is 27.1. The molecule has 1 aliphatic carbocycles. The van der Waals surface area contributed by atoms with E-state index >= 15 is 0 Å². The number of sulfonamides is 1. The highest BCUT2D eigenvalue weighted by atomic mass is 32.2. The molecule has 2 atom stereocenters. The fourth-order valence-electron chi connectivity index (χ4n) is 3.94. The molecule has 6 heteroatoms. The zero-order chi connectivity index (χ0) is 18.7. The second-order valence-corrected chi connectivity index (χ2v) is 9.89. The predicted octanol–water partition coefficient (Wildman–Crippen LogP) is 3.42. The summed E-state index contributed by atoms with van der Waals surface area (Å²) in [4.78, 5) is 12.8. The summed E-state index contributed by atoms with van der Waals surface area (Å²) in [6.45, 7) is 5.49. The molecule has 1 amide bonds. The molecule has 2 fully saturated rings. The summed E-state index contributed by atoms with van der Waals surface area (Å²) in [6, 6.07) is 6.60. The number of rotatable bonds is 4. The zero-order valence-corrected chi connectivity index (χ0v) is 16.6. The lowest BCUT2D eigenvalue weighted by Crippen LogP contribution is -2.41. The van der Waals surface area contributed by atoms with E-state index in [4.69, 9.17) is 0 Å². The van der Waals surface area contributed by atoms with E-state index in [9.17, 15) is 13.2 Å². The molecule has 1 aromatic carbocycles. The number of carbonyl (C=O) groups excluding carboxylic acids is 1. The second-order valence-electron chi connectivity index (χ2n) is 7.95. The van der Waals surface area contributed by atoms with Crippen LogP contribution in [0.4, 0.5) is 0 Å². The maximum Gasteiger partial charge on any atom is 0.251 e. The lowest BCUT2D eigenvalue weighted by atomic mass is 9.86. The Morgan fingerprint density at radius 2 is 1.62 bits per heavy atom. The van der Waals surface area contributed by atoms with Gasteiger partial charge in [-0.25, -0.2) is 8.42 Å². The highest BCUT2D eigenvalue weighted by molar-refractivity contribution is 7.89. The van der Waals surface area contributed by atoms with Gasteiger partial charge in [-0.15, -0.1) is 0 Å². The van der Waals surface area contributed by atoms with Gasteiger partial charge in [0.2, 0.25) is 10.0 Å². The number of piperidine rings is 1. The lowest BCUT2D eigenvalue weighted by Gasteiger charge is -2.30. The molecule has 144 valence electrons. The van der Waals surface area contributed by atoms with Gasteiger partial charge in [0.05, 0.1) is 4.90 Å². The first-order chi connectivity index (χ1) is 12.4. The summed E-state index contributed by atoms with van der Waals surface area (Å²) in [5.41, 5.74) is 0.522. The molecule has 1 saturated heterocycles. The van der Waals surface area contributed by atoms with Gasteiger partial charge in [-0.2, -0.15) is 4.31 Å². The average molecular weight is 379 g/mol. The molecule has 3 rings (SSSR count). The third-order valence-corrected chi connectivity index (χ3v) is 7.84. The van der Waals surface area contributed by atoms with E-state index in [1.807, 2.05) is 0 Å². The van der Waals surface area contributed by atoms with E-state index in [-0.39, 0.29) is 16.8 Å². The molecule has 1 aliphatic heterocycles. The number of hydrogen-bond acceptors (Lipinski definition) is 3. The normalized spacial score (nSPS) is 25.8. The highest BCUT2D eigenvalue weighted by Crippen LogP contribution is 2.25. The van der Waals surface area contributed by atoms with Gasteiger partial charge in [-0.3, -0.25) is 4.79 Å². The third kappa shape index (κ3) is 4.29. The number of nitrogens with one attached hydrogen (secondary N) is 1. The Bertz CT molecular complexity index is 722. The number of nitrogens with zero attached hydrogens (tertiary/aromatic N) is 1. The van der Waals surface area contributed by atoms with E-state index in [0.29, 0.717) is 30.5 Å². The van der Waals surface area contributed by atoms with Crippen molar-refractivity contribution in [1.82, 2.24) is 9.62 Å². The summed E-state index contributed by atoms with van der Waals surface area (Å²) >= 11 is 0. The lowest BCUT2D eigenvalue weighted by molar-refractivity contribution is 0.0910. The van der Waals surface area contributed by atoms with Crippen molar-refractivity contribution >= 4 is 15.9 Å². The van der Waals surface area contributed by atoms with Gasteiger partial charge in [0.1, 0.15) is 0 Å². The molecule has 1 N–H and O–H groups in total. The fourth-order valence-corrected chi connectivity index (χ4v) is 5.40. The Balaban J connectivity index is 1.66. The van der Waals surface area contributed by atoms with Crippen molar-refractivity contribution in [3.8, 4) is 0 Å². The Labute approximate surface area is 157 Å². The van der Waals surface area contributed by atoms with E-state index in [1.165, 1.54) is 6.42 Å². The van der Waals surface area contributed by atoms with Crippen molar-refractivity contribution in [3.05, 3.63) is 29.8 Å². The smallest absolute Gasteiger partial charge is 0.251 e. The molecule has 26 heavy (non-hydrogen) atoms. The number of carbonyl (C=O) groups is 1. The van der Waals surface area contributed by atoms with Crippen molar-refractivity contribution in [2.45, 2.75) is 63.3 Å². The summed E-state index contributed by atoms with van der Waals surface area (Å²) in [5.74, 6) is 0.961. The Morgan fingerprint density at radius 1 is 1.00 bits per heavy atom. The first kappa shape index (κ1) is 19.4. The van der Waals surface area contributed by atoms with Crippen LogP contribution in [0.15, 0.2) is 29.2 Å². The number of benzene rings is 1. The van der Waals surface area contributed by atoms with Crippen LogP contribution in [0.3, 0.4) is 0 Å². The zero-order valence-electron chi connectivity index (χ0n) is 15.8. The first-order valence-corrected chi connectivity index (χ1v) is 11.2. The van der Waals surface area contributed by atoms with Crippen LogP contribution in [0.5, 0.6) is 0 Å². The van der Waals surface area contributed by atoms with Gasteiger partial charge in [0, 0.05) is 24.7 Å². The van der Waals surface area contributed by atoms with E-state index in [0.717, 1.165) is 32.1 Å². The Kier molecular flexibility index (Phi) is 6.03. The van der Waals surface area contributed by atoms with Gasteiger partial charge in [-0.1, -0.05) is 26.7 Å². The SMILES string of the molecule is CC1CCN(S(=O)(=O)c2ccc(C(=O)NC3CCCCC3C)cc2)CC1. The molecule has 2 unspecified atom stereocenters. The minimum absolute atomic E-state index is 0.112. The third-order valence-electron chi connectivity index (χ3n) is 5.92. The molecule has 2 aliphatic rings. The highest BCUT2D eigenvalue weighted by Gasteiger charge is 2.28. The summed E-state index contributed by atoms with van der Waals surface area (Å²) in [5, 5.41) is 3.11. The quantitative estimate of drug-likeness (QED) is 0.873. The molecule has 1 aromatic rings. The van der Waals surface area contributed by atoms with Gasteiger partial charge in [0.25, 0.3) is 5.91 Å². The largest absolute Gasteiger partial charge is 0.349 e. The van der Waals surface area contributed by atoms with Gasteiger partial charge < -0.3 is 5.32 Å².